The van der Waals surface area contributed by atoms with Gasteiger partial charge in [-0.05, 0) is 19.8 Å². The van der Waals surface area contributed by atoms with E-state index >= 15 is 0 Å². The molecule has 2 rings (SSSR count). The van der Waals surface area contributed by atoms with E-state index in [1.54, 1.807) is 7.11 Å². The minimum Gasteiger partial charge on any atom is -0.370 e. The average Bonchev–Trinajstić information content (AvgIpc) is 2.54. The van der Waals surface area contributed by atoms with E-state index in [2.05, 4.69) is 10.3 Å². The van der Waals surface area contributed by atoms with E-state index in [1.807, 2.05) is 6.92 Å². The summed E-state index contributed by atoms with van der Waals surface area (Å²) in [6.45, 7) is 1.82. The lowest BCUT2D eigenvalue weighted by Gasteiger charge is -2.31. The smallest absolute Gasteiger partial charge is 0.249 e. The maximum absolute atomic E-state index is 11.5. The van der Waals surface area contributed by atoms with Crippen molar-refractivity contribution in [1.82, 2.24) is 5.32 Å². The highest BCUT2D eigenvalue weighted by atomic mass is 16.5. The van der Waals surface area contributed by atoms with Crippen molar-refractivity contribution >= 4 is 11.7 Å². The molecule has 0 spiro atoms. The van der Waals surface area contributed by atoms with Crippen molar-refractivity contribution in [3.8, 4) is 0 Å². The van der Waals surface area contributed by atoms with Crippen LogP contribution in [0, 0.1) is 0 Å². The van der Waals surface area contributed by atoms with Gasteiger partial charge >= 0.3 is 0 Å². The molecule has 0 saturated heterocycles. The van der Waals surface area contributed by atoms with E-state index < -0.39 is 0 Å². The second-order valence-electron chi connectivity index (χ2n) is 4.76. The van der Waals surface area contributed by atoms with Gasteiger partial charge in [-0.15, -0.1) is 0 Å². The molecule has 0 radical (unpaired) electrons. The van der Waals surface area contributed by atoms with Gasteiger partial charge in [0, 0.05) is 7.11 Å². The van der Waals surface area contributed by atoms with Gasteiger partial charge in [0.05, 0.1) is 0 Å². The number of amidine groups is 1. The molecule has 16 heavy (non-hydrogen) atoms. The molecule has 90 valence electrons. The molecule has 1 N–H and O–H groups in total. The molecule has 1 heterocycles. The summed E-state index contributed by atoms with van der Waals surface area (Å²) < 4.78 is 5.69. The van der Waals surface area contributed by atoms with Crippen LogP contribution in [0.3, 0.4) is 0 Å². The van der Waals surface area contributed by atoms with Crippen molar-refractivity contribution in [2.45, 2.75) is 57.1 Å². The fourth-order valence-corrected chi connectivity index (χ4v) is 2.57. The van der Waals surface area contributed by atoms with Gasteiger partial charge in [0.2, 0.25) is 5.91 Å². The molecule has 0 aromatic rings. The second-order valence-corrected chi connectivity index (χ2v) is 4.76. The summed E-state index contributed by atoms with van der Waals surface area (Å²) in [5.41, 5.74) is -0.336. The number of carbonyl (C=O) groups is 1. The zero-order valence-electron chi connectivity index (χ0n) is 10.1. The first-order chi connectivity index (χ1) is 7.68. The maximum atomic E-state index is 11.5. The van der Waals surface area contributed by atoms with Crippen molar-refractivity contribution < 1.29 is 9.53 Å². The lowest BCUT2D eigenvalue weighted by molar-refractivity contribution is -0.119. The van der Waals surface area contributed by atoms with Crippen LogP contribution in [-0.2, 0) is 9.53 Å². The molecular weight excluding hydrogens is 204 g/mol. The predicted molar refractivity (Wildman–Crippen MR) is 62.5 cm³/mol. The van der Waals surface area contributed by atoms with Gasteiger partial charge < -0.3 is 10.1 Å². The van der Waals surface area contributed by atoms with Crippen molar-refractivity contribution in [3.05, 3.63) is 0 Å². The SMILES string of the molecule is COC1(C2=NC(C)C(=O)N2)CCCCCC1. The first-order valence-electron chi connectivity index (χ1n) is 6.12. The molecular formula is C12H20N2O2. The van der Waals surface area contributed by atoms with Crippen molar-refractivity contribution in [3.63, 3.8) is 0 Å². The number of hydrogen-bond acceptors (Lipinski definition) is 3. The Morgan fingerprint density at radius 3 is 2.38 bits per heavy atom. The monoisotopic (exact) mass is 224 g/mol. The van der Waals surface area contributed by atoms with Crippen LogP contribution in [-0.4, -0.2) is 30.5 Å². The third-order valence-corrected chi connectivity index (χ3v) is 3.68. The van der Waals surface area contributed by atoms with Crippen LogP contribution in [0.2, 0.25) is 0 Å². The Labute approximate surface area is 96.5 Å². The molecule has 1 atom stereocenters. The number of amides is 1. The number of ether oxygens (including phenoxy) is 1. The van der Waals surface area contributed by atoms with Crippen LogP contribution >= 0.6 is 0 Å². The number of nitrogens with one attached hydrogen (secondary N) is 1. The van der Waals surface area contributed by atoms with Crippen LogP contribution in [0.5, 0.6) is 0 Å². The zero-order chi connectivity index (χ0) is 11.6. The Morgan fingerprint density at radius 2 is 1.94 bits per heavy atom. The van der Waals surface area contributed by atoms with Crippen LogP contribution in [0.1, 0.15) is 45.4 Å². The predicted octanol–water partition coefficient (Wildman–Crippen LogP) is 1.64. The van der Waals surface area contributed by atoms with Gasteiger partial charge in [0.15, 0.2) is 0 Å². The highest BCUT2D eigenvalue weighted by Crippen LogP contribution is 2.32. The van der Waals surface area contributed by atoms with E-state index in [1.165, 1.54) is 12.8 Å². The molecule has 1 amide bonds. The average molecular weight is 224 g/mol. The highest BCUT2D eigenvalue weighted by molar-refractivity contribution is 6.09. The Hall–Kier alpha value is -0.900. The van der Waals surface area contributed by atoms with Gasteiger partial charge in [-0.1, -0.05) is 25.7 Å². The van der Waals surface area contributed by atoms with Crippen LogP contribution in [0.25, 0.3) is 0 Å². The normalized spacial score (nSPS) is 29.5. The first-order valence-corrected chi connectivity index (χ1v) is 6.12. The first kappa shape index (κ1) is 11.6. The summed E-state index contributed by atoms with van der Waals surface area (Å²) in [6.07, 6.45) is 6.74. The minimum atomic E-state index is -0.336. The molecule has 0 bridgehead atoms. The number of rotatable bonds is 2. The van der Waals surface area contributed by atoms with E-state index in [0.29, 0.717) is 0 Å². The highest BCUT2D eigenvalue weighted by Gasteiger charge is 2.40. The van der Waals surface area contributed by atoms with Crippen molar-refractivity contribution in [2.75, 3.05) is 7.11 Å². The molecule has 0 aromatic carbocycles. The summed E-state index contributed by atoms with van der Waals surface area (Å²) in [5.74, 6) is 0.755. The number of aliphatic imine (C=N–C) groups is 1. The van der Waals surface area contributed by atoms with E-state index in [-0.39, 0.29) is 17.6 Å². The van der Waals surface area contributed by atoms with Gasteiger partial charge in [-0.2, -0.15) is 0 Å². The Morgan fingerprint density at radius 1 is 1.31 bits per heavy atom. The van der Waals surface area contributed by atoms with E-state index in [9.17, 15) is 4.79 Å². The fraction of sp³-hybridized carbons (Fsp3) is 0.833. The third kappa shape index (κ3) is 1.98. The van der Waals surface area contributed by atoms with Gasteiger partial charge in [0.25, 0.3) is 0 Å². The summed E-state index contributed by atoms with van der Waals surface area (Å²) >= 11 is 0. The van der Waals surface area contributed by atoms with Crippen LogP contribution in [0.15, 0.2) is 4.99 Å². The Bertz CT molecular complexity index is 304. The number of nitrogens with zero attached hydrogens (tertiary/aromatic N) is 1. The largest absolute Gasteiger partial charge is 0.370 e. The van der Waals surface area contributed by atoms with Crippen LogP contribution in [0.4, 0.5) is 0 Å². The maximum Gasteiger partial charge on any atom is 0.249 e. The summed E-state index contributed by atoms with van der Waals surface area (Å²) in [6, 6.07) is -0.259. The van der Waals surface area contributed by atoms with Crippen molar-refractivity contribution in [2.24, 2.45) is 4.99 Å². The lowest BCUT2D eigenvalue weighted by Crippen LogP contribution is -2.47. The third-order valence-electron chi connectivity index (χ3n) is 3.68. The molecule has 1 unspecified atom stereocenters. The van der Waals surface area contributed by atoms with E-state index in [4.69, 9.17) is 4.74 Å². The second kappa shape index (κ2) is 4.53. The van der Waals surface area contributed by atoms with Gasteiger partial charge in [0.1, 0.15) is 17.5 Å². The zero-order valence-corrected chi connectivity index (χ0v) is 10.1. The number of hydrogen-bond donors (Lipinski definition) is 1. The van der Waals surface area contributed by atoms with Gasteiger partial charge in [-0.3, -0.25) is 9.79 Å². The minimum absolute atomic E-state index is 0.00401. The molecule has 1 aliphatic heterocycles. The number of methoxy groups -OCH3 is 1. The Balaban J connectivity index is 2.20. The summed E-state index contributed by atoms with van der Waals surface area (Å²) in [7, 11) is 1.73. The summed E-state index contributed by atoms with van der Waals surface area (Å²) in [4.78, 5) is 15.9. The molecule has 2 aliphatic rings. The van der Waals surface area contributed by atoms with Gasteiger partial charge in [-0.25, -0.2) is 0 Å². The number of carbonyl (C=O) groups excluding carboxylic acids is 1. The van der Waals surface area contributed by atoms with E-state index in [0.717, 1.165) is 31.5 Å². The standard InChI is InChI=1S/C12H20N2O2/c1-9-10(15)14-11(13-9)12(16-2)7-5-3-4-6-8-12/h9H,3-8H2,1-2H3,(H,13,14,15). The lowest BCUT2D eigenvalue weighted by atomic mass is 9.92. The molecule has 4 nitrogen and oxygen atoms in total. The molecule has 1 fully saturated rings. The van der Waals surface area contributed by atoms with Crippen LogP contribution < -0.4 is 5.32 Å². The Kier molecular flexibility index (Phi) is 3.28. The molecule has 0 aromatic heterocycles. The quantitative estimate of drug-likeness (QED) is 0.725. The molecule has 1 saturated carbocycles. The molecule has 1 aliphatic carbocycles. The van der Waals surface area contributed by atoms with Crippen molar-refractivity contribution in [1.29, 1.82) is 0 Å². The summed E-state index contributed by atoms with van der Waals surface area (Å²) in [5, 5.41) is 2.88. The topological polar surface area (TPSA) is 50.7 Å². The molecule has 4 heteroatoms. The fourth-order valence-electron chi connectivity index (χ4n) is 2.57.